The lowest BCUT2D eigenvalue weighted by Gasteiger charge is -2.27. The van der Waals surface area contributed by atoms with Gasteiger partial charge in [-0.25, -0.2) is 4.39 Å². The fourth-order valence-electron chi connectivity index (χ4n) is 3.77. The van der Waals surface area contributed by atoms with E-state index in [4.69, 9.17) is 13.8 Å². The van der Waals surface area contributed by atoms with E-state index in [0.717, 1.165) is 18.4 Å². The fourth-order valence-corrected chi connectivity index (χ4v) is 5.70. The van der Waals surface area contributed by atoms with Crippen molar-refractivity contribution in [3.63, 3.8) is 0 Å². The molecule has 2 atom stereocenters. The SMILES string of the molecule is C=C[C@@](C)(/C=C/c1ccc(OCC(=O)NC(c2ccc(F)cc2)P(=O)(OCC)OCC)cc1)CCC=C(C)C. The minimum atomic E-state index is -3.79. The van der Waals surface area contributed by atoms with E-state index in [1.54, 1.807) is 26.0 Å². The van der Waals surface area contributed by atoms with Crippen molar-refractivity contribution in [2.24, 2.45) is 5.41 Å². The number of ether oxygens (including phenoxy) is 1. The van der Waals surface area contributed by atoms with Crippen LogP contribution in [-0.2, 0) is 18.4 Å². The van der Waals surface area contributed by atoms with Crippen LogP contribution < -0.4 is 10.1 Å². The van der Waals surface area contributed by atoms with Crippen LogP contribution >= 0.6 is 7.60 Å². The number of carbonyl (C=O) groups excluding carboxylic acids is 1. The van der Waals surface area contributed by atoms with Crippen molar-refractivity contribution in [2.75, 3.05) is 19.8 Å². The van der Waals surface area contributed by atoms with Gasteiger partial charge in [0.05, 0.1) is 13.2 Å². The highest BCUT2D eigenvalue weighted by atomic mass is 31.2. The summed E-state index contributed by atoms with van der Waals surface area (Å²) in [5, 5.41) is 2.69. The number of halogens is 1. The third kappa shape index (κ3) is 10.6. The number of benzene rings is 2. The van der Waals surface area contributed by atoms with Crippen LogP contribution in [0.4, 0.5) is 4.39 Å². The van der Waals surface area contributed by atoms with Gasteiger partial charge in [0, 0.05) is 5.41 Å². The molecule has 39 heavy (non-hydrogen) atoms. The second-order valence-electron chi connectivity index (χ2n) is 9.62. The second kappa shape index (κ2) is 15.6. The van der Waals surface area contributed by atoms with Crippen LogP contribution in [0.15, 0.2) is 78.9 Å². The standard InChI is InChI=1S/C31H41FNO5P/c1-7-31(6,21-10-11-24(4)5)22-20-25-12-18-28(19-13-25)36-23-29(34)33-30(26-14-16-27(32)17-15-26)39(35,37-8-2)38-9-3/h7,11-20,22,30H,1,8-10,21,23H2,2-6H3,(H,33,34)/b22-20+/t30?,31-/m1/s1. The molecule has 1 N–H and O–H groups in total. The van der Waals surface area contributed by atoms with Crippen molar-refractivity contribution in [1.82, 2.24) is 5.32 Å². The van der Waals surface area contributed by atoms with E-state index in [2.05, 4.69) is 44.8 Å². The Hall–Kier alpha value is -2.99. The maximum Gasteiger partial charge on any atom is 0.357 e. The Bertz CT molecular complexity index is 1160. The summed E-state index contributed by atoms with van der Waals surface area (Å²) in [7, 11) is -3.79. The summed E-state index contributed by atoms with van der Waals surface area (Å²) in [6.45, 7) is 13.6. The smallest absolute Gasteiger partial charge is 0.357 e. The maximum absolute atomic E-state index is 13.5. The first kappa shape index (κ1) is 32.2. The van der Waals surface area contributed by atoms with E-state index < -0.39 is 25.1 Å². The molecule has 6 nitrogen and oxygen atoms in total. The van der Waals surface area contributed by atoms with Gasteiger partial charge in [0.25, 0.3) is 5.91 Å². The molecule has 1 unspecified atom stereocenters. The summed E-state index contributed by atoms with van der Waals surface area (Å²) >= 11 is 0. The van der Waals surface area contributed by atoms with Gasteiger partial charge in [0.1, 0.15) is 11.6 Å². The van der Waals surface area contributed by atoms with Crippen molar-refractivity contribution < 1.29 is 27.5 Å². The number of hydrogen-bond donors (Lipinski definition) is 1. The Balaban J connectivity index is 2.06. The van der Waals surface area contributed by atoms with E-state index in [9.17, 15) is 13.8 Å². The molecule has 1 amide bonds. The molecule has 212 valence electrons. The van der Waals surface area contributed by atoms with Crippen molar-refractivity contribution in [3.05, 3.63) is 95.9 Å². The number of carbonyl (C=O) groups is 1. The summed E-state index contributed by atoms with van der Waals surface area (Å²) in [4.78, 5) is 12.8. The quantitative estimate of drug-likeness (QED) is 0.166. The molecule has 8 heteroatoms. The van der Waals surface area contributed by atoms with Crippen molar-refractivity contribution >= 4 is 19.6 Å². The van der Waals surface area contributed by atoms with Crippen molar-refractivity contribution in [1.29, 1.82) is 0 Å². The molecular weight excluding hydrogens is 516 g/mol. The largest absolute Gasteiger partial charge is 0.484 e. The number of rotatable bonds is 16. The molecule has 0 aliphatic carbocycles. The Kier molecular flexibility index (Phi) is 12.9. The number of nitrogens with one attached hydrogen (secondary N) is 1. The molecular formula is C31H41FNO5P. The Morgan fingerprint density at radius 1 is 1.08 bits per heavy atom. The van der Waals surface area contributed by atoms with Gasteiger partial charge in [-0.3, -0.25) is 9.36 Å². The predicted molar refractivity (Wildman–Crippen MR) is 156 cm³/mol. The normalized spacial score (nSPS) is 13.9. The van der Waals surface area contributed by atoms with Gasteiger partial charge in [0.15, 0.2) is 12.4 Å². The van der Waals surface area contributed by atoms with Crippen LogP contribution in [0.3, 0.4) is 0 Å². The van der Waals surface area contributed by atoms with E-state index in [1.165, 1.54) is 29.8 Å². The van der Waals surface area contributed by atoms with Crippen LogP contribution in [0.25, 0.3) is 6.08 Å². The lowest BCUT2D eigenvalue weighted by Crippen LogP contribution is -2.33. The first-order chi connectivity index (χ1) is 18.5. The van der Waals surface area contributed by atoms with Crippen LogP contribution in [0.1, 0.15) is 64.4 Å². The topological polar surface area (TPSA) is 73.9 Å². The molecule has 0 radical (unpaired) electrons. The highest BCUT2D eigenvalue weighted by Crippen LogP contribution is 2.59. The molecule has 2 aromatic rings. The molecule has 0 aliphatic heterocycles. The summed E-state index contributed by atoms with van der Waals surface area (Å²) in [6.07, 6.45) is 10.3. The zero-order valence-corrected chi connectivity index (χ0v) is 24.5. The zero-order chi connectivity index (χ0) is 28.9. The lowest BCUT2D eigenvalue weighted by atomic mass is 9.84. The summed E-state index contributed by atoms with van der Waals surface area (Å²) in [5.74, 6) is -1.58. The van der Waals surface area contributed by atoms with E-state index >= 15 is 0 Å². The van der Waals surface area contributed by atoms with Crippen molar-refractivity contribution in [2.45, 2.75) is 53.2 Å². The van der Waals surface area contributed by atoms with Gasteiger partial charge in [-0.15, -0.1) is 6.58 Å². The Labute approximate surface area is 232 Å². The molecule has 0 heterocycles. The summed E-state index contributed by atoms with van der Waals surface area (Å²) < 4.78 is 43.5. The predicted octanol–water partition coefficient (Wildman–Crippen LogP) is 8.24. The van der Waals surface area contributed by atoms with Crippen LogP contribution in [0.2, 0.25) is 0 Å². The molecule has 0 spiro atoms. The van der Waals surface area contributed by atoms with Crippen molar-refractivity contribution in [3.8, 4) is 5.75 Å². The average molecular weight is 558 g/mol. The van der Waals surface area contributed by atoms with Crippen LogP contribution in [0.5, 0.6) is 5.75 Å². The molecule has 0 saturated heterocycles. The fraction of sp³-hybridized carbons (Fsp3) is 0.387. The third-order valence-corrected chi connectivity index (χ3v) is 8.32. The van der Waals surface area contributed by atoms with E-state index in [-0.39, 0.29) is 25.2 Å². The summed E-state index contributed by atoms with van der Waals surface area (Å²) in [5.41, 5.74) is 2.58. The number of allylic oxidation sites excluding steroid dienone is 4. The van der Waals surface area contributed by atoms with Gasteiger partial charge in [0.2, 0.25) is 0 Å². The highest BCUT2D eigenvalue weighted by Gasteiger charge is 2.38. The van der Waals surface area contributed by atoms with Crippen LogP contribution in [-0.4, -0.2) is 25.7 Å². The van der Waals surface area contributed by atoms with Gasteiger partial charge >= 0.3 is 7.60 Å². The van der Waals surface area contributed by atoms with Crippen LogP contribution in [0, 0.1) is 11.2 Å². The van der Waals surface area contributed by atoms with Gasteiger partial charge < -0.3 is 19.1 Å². The number of hydrogen-bond acceptors (Lipinski definition) is 5. The van der Waals surface area contributed by atoms with E-state index in [0.29, 0.717) is 11.3 Å². The molecule has 0 bridgehead atoms. The first-order valence-electron chi connectivity index (χ1n) is 13.2. The van der Waals surface area contributed by atoms with Gasteiger partial charge in [-0.1, -0.05) is 61.1 Å². The minimum absolute atomic E-state index is 0.115. The third-order valence-electron chi connectivity index (χ3n) is 6.03. The Morgan fingerprint density at radius 3 is 2.23 bits per heavy atom. The summed E-state index contributed by atoms with van der Waals surface area (Å²) in [6, 6.07) is 12.7. The van der Waals surface area contributed by atoms with Gasteiger partial charge in [-0.05, 0) is 75.9 Å². The molecule has 2 aromatic carbocycles. The zero-order valence-electron chi connectivity index (χ0n) is 23.6. The Morgan fingerprint density at radius 2 is 1.69 bits per heavy atom. The lowest BCUT2D eigenvalue weighted by molar-refractivity contribution is -0.123. The number of amides is 1. The monoisotopic (exact) mass is 557 g/mol. The minimum Gasteiger partial charge on any atom is -0.484 e. The highest BCUT2D eigenvalue weighted by molar-refractivity contribution is 7.54. The first-order valence-corrected chi connectivity index (χ1v) is 14.8. The molecule has 0 aliphatic rings. The van der Waals surface area contributed by atoms with Gasteiger partial charge in [-0.2, -0.15) is 0 Å². The molecule has 0 saturated carbocycles. The molecule has 0 aromatic heterocycles. The maximum atomic E-state index is 13.5. The molecule has 2 rings (SSSR count). The molecule has 0 fully saturated rings. The van der Waals surface area contributed by atoms with E-state index in [1.807, 2.05) is 24.3 Å². The average Bonchev–Trinajstić information content (AvgIpc) is 2.90. The second-order valence-corrected chi connectivity index (χ2v) is 11.7.